The van der Waals surface area contributed by atoms with E-state index in [9.17, 15) is 0 Å². The van der Waals surface area contributed by atoms with Gasteiger partial charge < -0.3 is 26.8 Å². The molecule has 5 heteroatoms. The Morgan fingerprint density at radius 2 is 1.47 bits per heavy atom. The van der Waals surface area contributed by atoms with Crippen molar-refractivity contribution in [2.45, 2.75) is 19.4 Å². The van der Waals surface area contributed by atoms with Gasteiger partial charge in [0.2, 0.25) is 0 Å². The number of aryl methyl sites for hydroxylation is 2. The van der Waals surface area contributed by atoms with Crippen molar-refractivity contribution in [3.63, 3.8) is 0 Å². The fraction of sp³-hybridized carbons (Fsp3) is 0.500. The van der Waals surface area contributed by atoms with Crippen LogP contribution in [0.4, 0.5) is 5.69 Å². The smallest absolute Gasteiger partial charge is 0.0856 e. The Morgan fingerprint density at radius 3 is 1.71 bits per heavy atom. The van der Waals surface area contributed by atoms with Crippen LogP contribution in [0.5, 0.6) is 0 Å². The first kappa shape index (κ1) is 15.9. The summed E-state index contributed by atoms with van der Waals surface area (Å²) in [5.41, 5.74) is 12.9. The molecule has 0 aliphatic heterocycles. The molecule has 0 atom stereocenters. The van der Waals surface area contributed by atoms with Gasteiger partial charge in [-0.15, -0.1) is 0 Å². The maximum absolute atomic E-state index is 8.34. The number of nitrogen functional groups attached to an aromatic ring is 1. The Kier molecular flexibility index (Phi) is 6.75. The van der Waals surface area contributed by atoms with E-state index in [2.05, 4.69) is 13.8 Å². The van der Waals surface area contributed by atoms with Gasteiger partial charge in [-0.05, 0) is 37.1 Å². The van der Waals surface area contributed by atoms with Crippen molar-refractivity contribution in [2.75, 3.05) is 25.6 Å². The van der Waals surface area contributed by atoms with Crippen molar-refractivity contribution in [3.8, 4) is 0 Å². The van der Waals surface area contributed by atoms with E-state index in [0.717, 1.165) is 5.69 Å². The third kappa shape index (κ3) is 5.65. The molecule has 1 aromatic rings. The van der Waals surface area contributed by atoms with Crippen molar-refractivity contribution in [1.29, 1.82) is 0 Å². The molecule has 0 heterocycles. The van der Waals surface area contributed by atoms with Crippen molar-refractivity contribution >= 4 is 5.69 Å². The highest BCUT2D eigenvalue weighted by Gasteiger charge is 2.20. The number of anilines is 1. The molecule has 98 valence electrons. The van der Waals surface area contributed by atoms with Crippen molar-refractivity contribution in [3.05, 3.63) is 29.3 Å². The topological polar surface area (TPSA) is 113 Å². The Bertz CT molecular complexity index is 330. The Hall–Kier alpha value is -1.14. The zero-order valence-electron chi connectivity index (χ0n) is 10.3. The van der Waals surface area contributed by atoms with E-state index >= 15 is 0 Å². The normalized spacial score (nSPS) is 10.7. The van der Waals surface area contributed by atoms with Gasteiger partial charge in [-0.3, -0.25) is 0 Å². The highest BCUT2D eigenvalue weighted by atomic mass is 16.3. The Labute approximate surface area is 102 Å². The number of benzene rings is 1. The Balaban J connectivity index is 0.000000304. The first-order valence-corrected chi connectivity index (χ1v) is 5.32. The molecule has 0 spiro atoms. The molecule has 0 fully saturated rings. The van der Waals surface area contributed by atoms with Gasteiger partial charge in [-0.25, -0.2) is 0 Å². The van der Waals surface area contributed by atoms with Gasteiger partial charge in [0.15, 0.2) is 0 Å². The third-order valence-corrected chi connectivity index (χ3v) is 2.48. The lowest BCUT2D eigenvalue weighted by Crippen LogP contribution is -2.50. The van der Waals surface area contributed by atoms with Gasteiger partial charge in [0, 0.05) is 5.69 Å². The summed E-state index contributed by atoms with van der Waals surface area (Å²) < 4.78 is 0. The summed E-state index contributed by atoms with van der Waals surface area (Å²) in [6, 6.07) is 5.93. The SMILES string of the molecule is Cc1ccc(N)cc1C.NC(CO)(CO)CO. The van der Waals surface area contributed by atoms with Crippen molar-refractivity contribution in [1.82, 2.24) is 0 Å². The van der Waals surface area contributed by atoms with Crippen LogP contribution >= 0.6 is 0 Å². The standard InChI is InChI=1S/C8H11N.C4H11NO3/c1-6-3-4-8(9)5-7(6)2;5-4(1-6,2-7)3-8/h3-5H,9H2,1-2H3;6-8H,1-3,5H2. The second-order valence-electron chi connectivity index (χ2n) is 4.18. The average Bonchev–Trinajstić information content (AvgIpc) is 2.34. The van der Waals surface area contributed by atoms with Crippen LogP contribution in [-0.2, 0) is 0 Å². The third-order valence-electron chi connectivity index (χ3n) is 2.48. The van der Waals surface area contributed by atoms with Gasteiger partial charge >= 0.3 is 0 Å². The van der Waals surface area contributed by atoms with Crippen LogP contribution in [0.1, 0.15) is 11.1 Å². The lowest BCUT2D eigenvalue weighted by molar-refractivity contribution is 0.0698. The maximum Gasteiger partial charge on any atom is 0.0856 e. The summed E-state index contributed by atoms with van der Waals surface area (Å²) in [6.07, 6.45) is 0. The Morgan fingerprint density at radius 1 is 1.00 bits per heavy atom. The quantitative estimate of drug-likeness (QED) is 0.461. The average molecular weight is 242 g/mol. The van der Waals surface area contributed by atoms with E-state index < -0.39 is 25.4 Å². The molecule has 1 rings (SSSR count). The number of aliphatic hydroxyl groups is 3. The van der Waals surface area contributed by atoms with Crippen LogP contribution in [-0.4, -0.2) is 40.7 Å². The van der Waals surface area contributed by atoms with Crippen LogP contribution in [0.2, 0.25) is 0 Å². The minimum atomic E-state index is -1.21. The zero-order valence-corrected chi connectivity index (χ0v) is 10.3. The van der Waals surface area contributed by atoms with Gasteiger partial charge in [0.25, 0.3) is 0 Å². The minimum Gasteiger partial charge on any atom is -0.399 e. The lowest BCUT2D eigenvalue weighted by Gasteiger charge is -2.20. The molecule has 5 nitrogen and oxygen atoms in total. The maximum atomic E-state index is 8.34. The summed E-state index contributed by atoms with van der Waals surface area (Å²) in [5, 5.41) is 25.0. The fourth-order valence-electron chi connectivity index (χ4n) is 0.915. The van der Waals surface area contributed by atoms with E-state index in [-0.39, 0.29) is 0 Å². The molecule has 7 N–H and O–H groups in total. The number of nitrogens with two attached hydrogens (primary N) is 2. The predicted molar refractivity (Wildman–Crippen MR) is 68.5 cm³/mol. The number of hydrogen-bond acceptors (Lipinski definition) is 5. The van der Waals surface area contributed by atoms with E-state index in [1.807, 2.05) is 18.2 Å². The molecule has 0 radical (unpaired) electrons. The molecule has 0 unspecified atom stereocenters. The van der Waals surface area contributed by atoms with Crippen LogP contribution in [0.3, 0.4) is 0 Å². The molecule has 0 aromatic heterocycles. The van der Waals surface area contributed by atoms with E-state index in [1.54, 1.807) is 0 Å². The lowest BCUT2D eigenvalue weighted by atomic mass is 10.1. The molecular formula is C12H22N2O3. The molecular weight excluding hydrogens is 220 g/mol. The van der Waals surface area contributed by atoms with E-state index in [4.69, 9.17) is 26.8 Å². The van der Waals surface area contributed by atoms with Crippen LogP contribution < -0.4 is 11.5 Å². The summed E-state index contributed by atoms with van der Waals surface area (Å²) in [7, 11) is 0. The first-order valence-electron chi connectivity index (χ1n) is 5.32. The van der Waals surface area contributed by atoms with Crippen LogP contribution in [0.15, 0.2) is 18.2 Å². The summed E-state index contributed by atoms with van der Waals surface area (Å²) in [4.78, 5) is 0. The van der Waals surface area contributed by atoms with Crippen molar-refractivity contribution < 1.29 is 15.3 Å². The summed E-state index contributed by atoms with van der Waals surface area (Å²) >= 11 is 0. The molecule has 0 aliphatic carbocycles. The number of rotatable bonds is 3. The second-order valence-corrected chi connectivity index (χ2v) is 4.18. The molecule has 17 heavy (non-hydrogen) atoms. The molecule has 1 aromatic carbocycles. The van der Waals surface area contributed by atoms with Crippen molar-refractivity contribution in [2.24, 2.45) is 5.73 Å². The van der Waals surface area contributed by atoms with E-state index in [0.29, 0.717) is 0 Å². The molecule has 0 bridgehead atoms. The largest absolute Gasteiger partial charge is 0.399 e. The van der Waals surface area contributed by atoms with Gasteiger partial charge in [-0.1, -0.05) is 6.07 Å². The summed E-state index contributed by atoms with van der Waals surface area (Å²) in [6.45, 7) is 2.93. The summed E-state index contributed by atoms with van der Waals surface area (Å²) in [5.74, 6) is 0. The van der Waals surface area contributed by atoms with Crippen LogP contribution in [0.25, 0.3) is 0 Å². The first-order chi connectivity index (χ1) is 7.88. The molecule has 0 saturated heterocycles. The highest BCUT2D eigenvalue weighted by molar-refractivity contribution is 5.43. The van der Waals surface area contributed by atoms with E-state index in [1.165, 1.54) is 11.1 Å². The zero-order chi connectivity index (χ0) is 13.5. The fourth-order valence-corrected chi connectivity index (χ4v) is 0.915. The monoisotopic (exact) mass is 242 g/mol. The van der Waals surface area contributed by atoms with Gasteiger partial charge in [0.05, 0.1) is 25.4 Å². The van der Waals surface area contributed by atoms with Gasteiger partial charge in [0.1, 0.15) is 0 Å². The molecule has 0 amide bonds. The highest BCUT2D eigenvalue weighted by Crippen LogP contribution is 2.09. The second kappa shape index (κ2) is 7.24. The van der Waals surface area contributed by atoms with Crippen LogP contribution in [0, 0.1) is 13.8 Å². The molecule has 0 aliphatic rings. The van der Waals surface area contributed by atoms with Gasteiger partial charge in [-0.2, -0.15) is 0 Å². The predicted octanol–water partition coefficient (Wildman–Crippen LogP) is -0.454. The number of hydrogen-bond donors (Lipinski definition) is 5. The minimum absolute atomic E-state index is 0.403. The molecule has 0 saturated carbocycles. The number of aliphatic hydroxyl groups excluding tert-OH is 3.